The summed E-state index contributed by atoms with van der Waals surface area (Å²) in [4.78, 5) is 35.3. The molecule has 7 nitrogen and oxygen atoms in total. The van der Waals surface area contributed by atoms with Gasteiger partial charge in [0.05, 0.1) is 0 Å². The van der Waals surface area contributed by atoms with Crippen LogP contribution in [0.2, 0.25) is 0 Å². The van der Waals surface area contributed by atoms with Gasteiger partial charge in [-0.2, -0.15) is 0 Å². The van der Waals surface area contributed by atoms with Gasteiger partial charge >= 0.3 is 12.0 Å². The topological polar surface area (TPSA) is 98.7 Å². The average Bonchev–Trinajstić information content (AvgIpc) is 3.09. The van der Waals surface area contributed by atoms with Gasteiger partial charge in [-0.25, -0.2) is 4.79 Å². The van der Waals surface area contributed by atoms with Crippen molar-refractivity contribution in [3.05, 3.63) is 0 Å². The lowest BCUT2D eigenvalue weighted by atomic mass is 9.99. The molecule has 20 heavy (non-hydrogen) atoms. The number of hydrogen-bond donors (Lipinski definition) is 3. The quantitative estimate of drug-likeness (QED) is 0.636. The fourth-order valence-corrected chi connectivity index (χ4v) is 1.66. The predicted octanol–water partition coefficient (Wildman–Crippen LogP) is 0.550. The van der Waals surface area contributed by atoms with Crippen molar-refractivity contribution in [1.82, 2.24) is 15.5 Å². The Bertz CT molecular complexity index is 391. The highest BCUT2D eigenvalue weighted by Crippen LogP contribution is 2.18. The second-order valence-electron chi connectivity index (χ2n) is 5.91. The van der Waals surface area contributed by atoms with Crippen LogP contribution in [-0.4, -0.2) is 53.1 Å². The molecule has 0 bridgehead atoms. The smallest absolute Gasteiger partial charge is 0.318 e. The largest absolute Gasteiger partial charge is 0.481 e. The van der Waals surface area contributed by atoms with E-state index in [2.05, 4.69) is 10.6 Å². The summed E-state index contributed by atoms with van der Waals surface area (Å²) in [5, 5.41) is 14.2. The second-order valence-corrected chi connectivity index (χ2v) is 5.91. The van der Waals surface area contributed by atoms with E-state index in [-0.39, 0.29) is 30.9 Å². The molecule has 1 fully saturated rings. The van der Waals surface area contributed by atoms with Gasteiger partial charge in [-0.3, -0.25) is 9.59 Å². The number of carboxylic acid groups (broad SMARTS) is 1. The lowest BCUT2D eigenvalue weighted by Gasteiger charge is -2.28. The number of aliphatic carboxylic acids is 1. The molecule has 114 valence electrons. The van der Waals surface area contributed by atoms with Gasteiger partial charge in [0.1, 0.15) is 6.54 Å². The fraction of sp³-hybridized carbons (Fsp3) is 0.769. The summed E-state index contributed by atoms with van der Waals surface area (Å²) in [6.45, 7) is 3.51. The summed E-state index contributed by atoms with van der Waals surface area (Å²) in [5.41, 5.74) is -0.628. The van der Waals surface area contributed by atoms with Gasteiger partial charge in [-0.05, 0) is 33.1 Å². The van der Waals surface area contributed by atoms with Gasteiger partial charge < -0.3 is 20.6 Å². The molecule has 1 rings (SSSR count). The first-order chi connectivity index (χ1) is 9.19. The maximum atomic E-state index is 11.9. The highest BCUT2D eigenvalue weighted by Gasteiger charge is 2.26. The molecular weight excluding hydrogens is 262 g/mol. The lowest BCUT2D eigenvalue weighted by molar-refractivity contribution is -0.137. The Labute approximate surface area is 118 Å². The molecule has 0 aromatic heterocycles. The number of carbonyl (C=O) groups is 3. The van der Waals surface area contributed by atoms with Crippen molar-refractivity contribution >= 4 is 17.9 Å². The highest BCUT2D eigenvalue weighted by molar-refractivity contribution is 5.84. The molecule has 0 unspecified atom stereocenters. The van der Waals surface area contributed by atoms with Crippen LogP contribution < -0.4 is 10.6 Å². The maximum Gasteiger partial charge on any atom is 0.318 e. The van der Waals surface area contributed by atoms with Crippen molar-refractivity contribution < 1.29 is 19.5 Å². The molecule has 0 radical (unpaired) electrons. The number of rotatable bonds is 7. The zero-order chi connectivity index (χ0) is 15.3. The third-order valence-corrected chi connectivity index (χ3v) is 3.08. The Morgan fingerprint density at radius 2 is 1.90 bits per heavy atom. The van der Waals surface area contributed by atoms with Gasteiger partial charge in [0, 0.05) is 25.0 Å². The third kappa shape index (κ3) is 6.40. The van der Waals surface area contributed by atoms with Crippen LogP contribution >= 0.6 is 0 Å². The standard InChI is InChI=1S/C13H23N3O4/c1-13(2,7-6-11(18)19)15-12(20)16(3)8-10(17)14-9-4-5-9/h9H,4-8H2,1-3H3,(H,14,17)(H,15,20)(H,18,19). The Hall–Kier alpha value is -1.79. The summed E-state index contributed by atoms with van der Waals surface area (Å²) in [7, 11) is 1.54. The van der Waals surface area contributed by atoms with E-state index in [9.17, 15) is 14.4 Å². The normalized spacial score (nSPS) is 14.6. The zero-order valence-corrected chi connectivity index (χ0v) is 12.2. The van der Waals surface area contributed by atoms with Crippen LogP contribution in [0.4, 0.5) is 4.79 Å². The number of hydrogen-bond acceptors (Lipinski definition) is 3. The first kappa shape index (κ1) is 16.3. The van der Waals surface area contributed by atoms with Crippen LogP contribution in [0.1, 0.15) is 39.5 Å². The molecule has 1 aliphatic rings. The van der Waals surface area contributed by atoms with E-state index in [0.717, 1.165) is 12.8 Å². The fourth-order valence-electron chi connectivity index (χ4n) is 1.66. The minimum Gasteiger partial charge on any atom is -0.481 e. The summed E-state index contributed by atoms with van der Waals surface area (Å²) >= 11 is 0. The summed E-state index contributed by atoms with van der Waals surface area (Å²) in [6, 6.07) is -0.114. The van der Waals surface area contributed by atoms with Crippen LogP contribution in [0, 0.1) is 0 Å². The molecule has 3 N–H and O–H groups in total. The van der Waals surface area contributed by atoms with Crippen molar-refractivity contribution in [2.75, 3.05) is 13.6 Å². The van der Waals surface area contributed by atoms with E-state index in [0.29, 0.717) is 6.42 Å². The van der Waals surface area contributed by atoms with Gasteiger partial charge in [0.25, 0.3) is 0 Å². The van der Waals surface area contributed by atoms with Crippen molar-refractivity contribution in [3.8, 4) is 0 Å². The van der Waals surface area contributed by atoms with Crippen LogP contribution in [0.15, 0.2) is 0 Å². The van der Waals surface area contributed by atoms with Crippen molar-refractivity contribution in [2.24, 2.45) is 0 Å². The zero-order valence-electron chi connectivity index (χ0n) is 12.2. The molecule has 0 aromatic rings. The molecule has 0 aliphatic heterocycles. The SMILES string of the molecule is CN(CC(=O)NC1CC1)C(=O)NC(C)(C)CCC(=O)O. The molecule has 0 heterocycles. The van der Waals surface area contributed by atoms with Gasteiger partial charge in [-0.1, -0.05) is 0 Å². The van der Waals surface area contributed by atoms with E-state index < -0.39 is 11.5 Å². The molecule has 3 amide bonds. The van der Waals surface area contributed by atoms with E-state index in [1.165, 1.54) is 11.9 Å². The first-order valence-electron chi connectivity index (χ1n) is 6.74. The average molecular weight is 285 g/mol. The number of urea groups is 1. The summed E-state index contributed by atoms with van der Waals surface area (Å²) in [6.07, 6.45) is 2.32. The first-order valence-corrected chi connectivity index (χ1v) is 6.74. The van der Waals surface area contributed by atoms with Crippen LogP contribution in [-0.2, 0) is 9.59 Å². The predicted molar refractivity (Wildman–Crippen MR) is 73.3 cm³/mol. The van der Waals surface area contributed by atoms with E-state index in [1.807, 2.05) is 0 Å². The van der Waals surface area contributed by atoms with Crippen molar-refractivity contribution in [1.29, 1.82) is 0 Å². The third-order valence-electron chi connectivity index (χ3n) is 3.08. The molecule has 0 atom stereocenters. The Balaban J connectivity index is 2.35. The molecule has 1 aliphatic carbocycles. The maximum absolute atomic E-state index is 11.9. The Kier molecular flexibility index (Phi) is 5.35. The summed E-state index contributed by atoms with van der Waals surface area (Å²) < 4.78 is 0. The number of carboxylic acids is 1. The number of carbonyl (C=O) groups excluding carboxylic acids is 2. The van der Waals surface area contributed by atoms with Crippen molar-refractivity contribution in [3.63, 3.8) is 0 Å². The van der Waals surface area contributed by atoms with Crippen LogP contribution in [0.25, 0.3) is 0 Å². The van der Waals surface area contributed by atoms with Crippen LogP contribution in [0.3, 0.4) is 0 Å². The lowest BCUT2D eigenvalue weighted by Crippen LogP contribution is -2.51. The molecule has 1 saturated carbocycles. The van der Waals surface area contributed by atoms with E-state index in [4.69, 9.17) is 5.11 Å². The van der Waals surface area contributed by atoms with Crippen LogP contribution in [0.5, 0.6) is 0 Å². The second kappa shape index (κ2) is 6.58. The molecule has 0 saturated heterocycles. The van der Waals surface area contributed by atoms with Gasteiger partial charge in [-0.15, -0.1) is 0 Å². The van der Waals surface area contributed by atoms with E-state index >= 15 is 0 Å². The number of likely N-dealkylation sites (N-methyl/N-ethyl adjacent to an activating group) is 1. The molecule has 7 heteroatoms. The number of amides is 3. The molecular formula is C13H23N3O4. The number of nitrogens with zero attached hydrogens (tertiary/aromatic N) is 1. The minimum atomic E-state index is -0.899. The van der Waals surface area contributed by atoms with E-state index in [1.54, 1.807) is 13.8 Å². The van der Waals surface area contributed by atoms with Gasteiger partial charge in [0.15, 0.2) is 0 Å². The monoisotopic (exact) mass is 285 g/mol. The Morgan fingerprint density at radius 3 is 2.40 bits per heavy atom. The molecule has 0 aromatic carbocycles. The Morgan fingerprint density at radius 1 is 1.30 bits per heavy atom. The summed E-state index contributed by atoms with van der Waals surface area (Å²) in [5.74, 6) is -1.07. The van der Waals surface area contributed by atoms with Crippen molar-refractivity contribution in [2.45, 2.75) is 51.1 Å². The molecule has 0 spiro atoms. The highest BCUT2D eigenvalue weighted by atomic mass is 16.4. The minimum absolute atomic E-state index is 0.00264. The number of nitrogens with one attached hydrogen (secondary N) is 2. The van der Waals surface area contributed by atoms with Gasteiger partial charge in [0.2, 0.25) is 5.91 Å².